The van der Waals surface area contributed by atoms with Crippen LogP contribution in [0.1, 0.15) is 12.1 Å². The van der Waals surface area contributed by atoms with E-state index in [0.29, 0.717) is 39.7 Å². The summed E-state index contributed by atoms with van der Waals surface area (Å²) in [5.74, 6) is -3.60. The highest BCUT2D eigenvalue weighted by Gasteiger charge is 2.46. The number of hydrazine groups is 1. The smallest absolute Gasteiger partial charge is 0.316 e. The quantitative estimate of drug-likeness (QED) is 0.469. The van der Waals surface area contributed by atoms with Crippen molar-refractivity contribution >= 4 is 39.0 Å². The summed E-state index contributed by atoms with van der Waals surface area (Å²) < 4.78 is 55.5. The molecule has 3 heterocycles. The van der Waals surface area contributed by atoms with Crippen molar-refractivity contribution in [2.45, 2.75) is 17.2 Å². The van der Waals surface area contributed by atoms with Crippen molar-refractivity contribution in [2.75, 3.05) is 23.0 Å². The van der Waals surface area contributed by atoms with Crippen LogP contribution in [0.3, 0.4) is 0 Å². The molecule has 3 aromatic rings. The van der Waals surface area contributed by atoms with Crippen LogP contribution in [0.25, 0.3) is 22.4 Å². The molecule has 200 valence electrons. The molecule has 0 atom stereocenters. The number of halogens is 3. The minimum absolute atomic E-state index is 0.0658. The molecule has 0 amide bonds. The first-order chi connectivity index (χ1) is 18.5. The van der Waals surface area contributed by atoms with Crippen molar-refractivity contribution in [1.29, 1.82) is 0 Å². The van der Waals surface area contributed by atoms with Crippen molar-refractivity contribution in [3.05, 3.63) is 82.7 Å². The van der Waals surface area contributed by atoms with Gasteiger partial charge < -0.3 is 5.11 Å². The summed E-state index contributed by atoms with van der Waals surface area (Å²) in [6.07, 6.45) is 8.71. The molecule has 6 rings (SSSR count). The summed E-state index contributed by atoms with van der Waals surface area (Å²) >= 11 is 6.13. The molecular weight excluding hydrogens is 548 g/mol. The van der Waals surface area contributed by atoms with Crippen molar-refractivity contribution in [1.82, 2.24) is 9.78 Å². The Hall–Kier alpha value is -3.80. The Morgan fingerprint density at radius 3 is 2.59 bits per heavy atom. The van der Waals surface area contributed by atoms with E-state index < -0.39 is 28.1 Å². The Morgan fingerprint density at radius 1 is 1.13 bits per heavy atom. The zero-order chi connectivity index (χ0) is 27.7. The largest absolute Gasteiger partial charge is 0.390 e. The number of aryl methyl sites for hydroxylation is 1. The van der Waals surface area contributed by atoms with Crippen LogP contribution in [0.2, 0.25) is 0 Å². The number of alkyl halides is 2. The van der Waals surface area contributed by atoms with Crippen LogP contribution in [-0.4, -0.2) is 42.4 Å². The lowest BCUT2D eigenvalue weighted by molar-refractivity contribution is -0.0591. The minimum atomic E-state index is -3.60. The molecule has 12 heteroatoms. The molecule has 0 unspecified atom stereocenters. The number of rotatable bonds is 4. The Balaban J connectivity index is 1.60. The topological polar surface area (TPSA) is 91.0 Å². The number of benzene rings is 2. The molecule has 0 spiro atoms. The van der Waals surface area contributed by atoms with E-state index in [1.807, 2.05) is 30.4 Å². The van der Waals surface area contributed by atoms with Gasteiger partial charge in [-0.05, 0) is 53.5 Å². The van der Waals surface area contributed by atoms with Gasteiger partial charge in [0.15, 0.2) is 15.5 Å². The lowest BCUT2D eigenvalue weighted by atomic mass is 9.97. The van der Waals surface area contributed by atoms with Crippen molar-refractivity contribution in [3.63, 3.8) is 0 Å². The predicted octanol–water partition coefficient (Wildman–Crippen LogP) is 5.12. The van der Waals surface area contributed by atoms with E-state index in [1.54, 1.807) is 42.5 Å². The summed E-state index contributed by atoms with van der Waals surface area (Å²) in [6.45, 7) is -1.41. The van der Waals surface area contributed by atoms with Gasteiger partial charge in [0.1, 0.15) is 12.3 Å². The Bertz CT molecular complexity index is 1780. The van der Waals surface area contributed by atoms with E-state index >= 15 is 0 Å². The third kappa shape index (κ3) is 4.08. The number of sulfone groups is 1. The summed E-state index contributed by atoms with van der Waals surface area (Å²) in [7, 11) is -1.86. The van der Waals surface area contributed by atoms with Crippen molar-refractivity contribution in [3.8, 4) is 22.4 Å². The number of hydrazone groups is 1. The molecule has 0 fully saturated rings. The first-order valence-electron chi connectivity index (χ1n) is 11.9. The fourth-order valence-electron chi connectivity index (χ4n) is 4.96. The average Bonchev–Trinajstić information content (AvgIpc) is 3.51. The molecule has 1 aromatic heterocycles. The average molecular weight is 570 g/mol. The van der Waals surface area contributed by atoms with Gasteiger partial charge in [0, 0.05) is 23.9 Å². The van der Waals surface area contributed by atoms with Crippen molar-refractivity contribution < 1.29 is 22.3 Å². The van der Waals surface area contributed by atoms with E-state index in [4.69, 9.17) is 11.6 Å². The van der Waals surface area contributed by atoms with Gasteiger partial charge in [0.2, 0.25) is 0 Å². The van der Waals surface area contributed by atoms with E-state index in [1.165, 1.54) is 15.9 Å². The molecule has 2 aliphatic heterocycles. The molecule has 8 nitrogen and oxygen atoms in total. The number of aliphatic hydroxyl groups excluding tert-OH is 1. The third-order valence-electron chi connectivity index (χ3n) is 6.84. The van der Waals surface area contributed by atoms with Gasteiger partial charge in [-0.25, -0.2) is 13.4 Å². The SMILES string of the molecule is Cn1nc(C(F)(F)CO)c2c1-c1ccc(-c3cccc(S(C)(=O)=O)c3)cc1N1C(=C3C=CC(Cl)=CC3)C=NN21. The van der Waals surface area contributed by atoms with Gasteiger partial charge in [-0.2, -0.15) is 24.1 Å². The van der Waals surface area contributed by atoms with Crippen LogP contribution < -0.4 is 10.1 Å². The second-order valence-electron chi connectivity index (χ2n) is 9.45. The Kier molecular flexibility index (Phi) is 5.79. The molecule has 0 saturated carbocycles. The molecule has 0 saturated heterocycles. The molecule has 1 aliphatic carbocycles. The molecule has 0 radical (unpaired) electrons. The normalized spacial score (nSPS) is 18.3. The number of nitrogens with zero attached hydrogens (tertiary/aromatic N) is 5. The number of allylic oxidation sites excluding steroid dienone is 6. The van der Waals surface area contributed by atoms with Gasteiger partial charge in [0.25, 0.3) is 0 Å². The highest BCUT2D eigenvalue weighted by atomic mass is 35.5. The number of anilines is 2. The standard InChI is InChI=1S/C27H22ClF2N5O3S/c1-33-24-21-11-8-18(17-4-3-5-20(12-17)39(2,37)38)13-22(21)34-23(16-6-9-19(28)10-7-16)14-31-35(34)25(24)26(32-33)27(29,30)15-36/h3-6,8-14,36H,7,15H2,1-2H3. The van der Waals surface area contributed by atoms with Gasteiger partial charge in [-0.1, -0.05) is 42.0 Å². The van der Waals surface area contributed by atoms with Crippen LogP contribution in [0, 0.1) is 0 Å². The minimum Gasteiger partial charge on any atom is -0.390 e. The van der Waals surface area contributed by atoms with Gasteiger partial charge in [0.05, 0.1) is 28.2 Å². The van der Waals surface area contributed by atoms with Crippen LogP contribution in [0.15, 0.2) is 87.0 Å². The van der Waals surface area contributed by atoms with E-state index in [9.17, 15) is 22.3 Å². The maximum absolute atomic E-state index is 14.9. The molecule has 0 bridgehead atoms. The first-order valence-corrected chi connectivity index (χ1v) is 14.2. The zero-order valence-corrected chi connectivity index (χ0v) is 22.4. The van der Waals surface area contributed by atoms with Gasteiger partial charge >= 0.3 is 5.92 Å². The van der Waals surface area contributed by atoms with Crippen LogP contribution in [0.5, 0.6) is 0 Å². The lowest BCUT2D eigenvalue weighted by Crippen LogP contribution is -2.39. The number of hydrogen-bond acceptors (Lipinski definition) is 7. The van der Waals surface area contributed by atoms with Crippen molar-refractivity contribution in [2.24, 2.45) is 12.1 Å². The summed E-state index contributed by atoms with van der Waals surface area (Å²) in [5, 5.41) is 21.7. The maximum atomic E-state index is 14.9. The highest BCUT2D eigenvalue weighted by molar-refractivity contribution is 7.90. The molecule has 39 heavy (non-hydrogen) atoms. The van der Waals surface area contributed by atoms with Crippen LogP contribution in [-0.2, 0) is 22.8 Å². The number of hydrogen-bond donors (Lipinski definition) is 1. The van der Waals surface area contributed by atoms with E-state index in [2.05, 4.69) is 10.2 Å². The second kappa shape index (κ2) is 8.87. The summed E-state index contributed by atoms with van der Waals surface area (Å²) in [6, 6.07) is 12.1. The zero-order valence-electron chi connectivity index (χ0n) is 20.8. The lowest BCUT2D eigenvalue weighted by Gasteiger charge is -2.37. The highest BCUT2D eigenvalue weighted by Crippen LogP contribution is 2.52. The number of aromatic nitrogens is 2. The first kappa shape index (κ1) is 25.5. The van der Waals surface area contributed by atoms with E-state index in [0.717, 1.165) is 17.4 Å². The Labute approximate surface area is 228 Å². The summed E-state index contributed by atoms with van der Waals surface area (Å²) in [5.41, 5.74) is 4.07. The fraction of sp³-hybridized carbons (Fsp3) is 0.185. The number of aliphatic hydroxyl groups is 1. The van der Waals surface area contributed by atoms with E-state index in [-0.39, 0.29) is 10.6 Å². The van der Waals surface area contributed by atoms with Crippen LogP contribution >= 0.6 is 11.6 Å². The predicted molar refractivity (Wildman–Crippen MR) is 146 cm³/mol. The Morgan fingerprint density at radius 2 is 1.90 bits per heavy atom. The number of fused-ring (bicyclic) bond motifs is 6. The third-order valence-corrected chi connectivity index (χ3v) is 8.23. The maximum Gasteiger partial charge on any atom is 0.316 e. The van der Waals surface area contributed by atoms with Gasteiger partial charge in [-0.3, -0.25) is 4.68 Å². The monoisotopic (exact) mass is 569 g/mol. The second-order valence-corrected chi connectivity index (χ2v) is 11.9. The van der Waals surface area contributed by atoms with Crippen LogP contribution in [0.4, 0.5) is 20.2 Å². The molecule has 2 aromatic carbocycles. The fourth-order valence-corrected chi connectivity index (χ4v) is 5.77. The molecule has 1 N–H and O–H groups in total. The van der Waals surface area contributed by atoms with Gasteiger partial charge in [-0.15, -0.1) is 0 Å². The molecule has 3 aliphatic rings. The molecular formula is C27H22ClF2N5O3S. The summed E-state index contributed by atoms with van der Waals surface area (Å²) in [4.78, 5) is 0.187.